The molecule has 1 atom stereocenters. The molecule has 1 heterocycles. The summed E-state index contributed by atoms with van der Waals surface area (Å²) in [4.78, 5) is 13.1. The molecule has 0 amide bonds. The zero-order valence-electron chi connectivity index (χ0n) is 8.81. The smallest absolute Gasteiger partial charge is 0.326 e. The zero-order chi connectivity index (χ0) is 10.8. The molecule has 1 fully saturated rings. The number of carboxylic acids is 1. The number of aryl methyl sites for hydroxylation is 1. The van der Waals surface area contributed by atoms with Gasteiger partial charge in [-0.1, -0.05) is 18.2 Å². The van der Waals surface area contributed by atoms with E-state index in [4.69, 9.17) is 5.11 Å². The third kappa shape index (κ3) is 1.82. The van der Waals surface area contributed by atoms with Crippen LogP contribution in [0.1, 0.15) is 18.4 Å². The second kappa shape index (κ2) is 3.93. The Balaban J connectivity index is 2.30. The lowest BCUT2D eigenvalue weighted by molar-refractivity contribution is -0.138. The van der Waals surface area contributed by atoms with Crippen LogP contribution in [0.4, 0.5) is 5.69 Å². The van der Waals surface area contributed by atoms with Gasteiger partial charge >= 0.3 is 5.97 Å². The van der Waals surface area contributed by atoms with Gasteiger partial charge in [-0.3, -0.25) is 0 Å². The van der Waals surface area contributed by atoms with E-state index in [1.807, 2.05) is 36.1 Å². The van der Waals surface area contributed by atoms with Gasteiger partial charge in [0.1, 0.15) is 6.04 Å². The van der Waals surface area contributed by atoms with E-state index in [1.165, 1.54) is 0 Å². The molecule has 0 spiro atoms. The van der Waals surface area contributed by atoms with E-state index in [2.05, 4.69) is 0 Å². The average molecular weight is 205 g/mol. The van der Waals surface area contributed by atoms with Crippen molar-refractivity contribution in [3.8, 4) is 0 Å². The maximum absolute atomic E-state index is 11.1. The lowest BCUT2D eigenvalue weighted by atomic mass is 10.1. The minimum atomic E-state index is -0.712. The minimum Gasteiger partial charge on any atom is -0.480 e. The summed E-state index contributed by atoms with van der Waals surface area (Å²) in [7, 11) is 0. The number of rotatable bonds is 2. The number of hydrogen-bond acceptors (Lipinski definition) is 2. The fourth-order valence-corrected chi connectivity index (χ4v) is 2.20. The standard InChI is InChI=1S/C12H15NO2/c1-9-5-2-3-6-10(9)13-8-4-7-11(13)12(14)15/h2-3,5-6,11H,4,7-8H2,1H3,(H,14,15). The number of hydrogen-bond donors (Lipinski definition) is 1. The molecule has 1 aliphatic rings. The highest BCUT2D eigenvalue weighted by Crippen LogP contribution is 2.28. The molecule has 2 rings (SSSR count). The molecule has 0 bridgehead atoms. The second-order valence-electron chi connectivity index (χ2n) is 3.98. The number of carboxylic acid groups (broad SMARTS) is 1. The van der Waals surface area contributed by atoms with Crippen LogP contribution in [0.5, 0.6) is 0 Å². The number of benzene rings is 1. The molecular weight excluding hydrogens is 190 g/mol. The van der Waals surface area contributed by atoms with Gasteiger partial charge in [0, 0.05) is 12.2 Å². The van der Waals surface area contributed by atoms with E-state index in [0.29, 0.717) is 0 Å². The summed E-state index contributed by atoms with van der Waals surface area (Å²) >= 11 is 0. The summed E-state index contributed by atoms with van der Waals surface area (Å²) < 4.78 is 0. The van der Waals surface area contributed by atoms with Gasteiger partial charge in [-0.25, -0.2) is 4.79 Å². The van der Waals surface area contributed by atoms with Crippen molar-refractivity contribution in [3.63, 3.8) is 0 Å². The van der Waals surface area contributed by atoms with Gasteiger partial charge in [0.05, 0.1) is 0 Å². The first-order valence-corrected chi connectivity index (χ1v) is 5.25. The third-order valence-electron chi connectivity index (χ3n) is 2.96. The van der Waals surface area contributed by atoms with Crippen LogP contribution in [0.25, 0.3) is 0 Å². The normalized spacial score (nSPS) is 20.6. The highest BCUT2D eigenvalue weighted by Gasteiger charge is 2.30. The molecule has 3 nitrogen and oxygen atoms in total. The number of aliphatic carboxylic acids is 1. The molecule has 0 saturated carbocycles. The van der Waals surface area contributed by atoms with Crippen molar-refractivity contribution in [2.75, 3.05) is 11.4 Å². The Labute approximate surface area is 89.3 Å². The van der Waals surface area contributed by atoms with E-state index < -0.39 is 5.97 Å². The first kappa shape index (κ1) is 10.0. The molecule has 80 valence electrons. The molecule has 1 aliphatic heterocycles. The van der Waals surface area contributed by atoms with Crippen molar-refractivity contribution in [1.82, 2.24) is 0 Å². The number of carbonyl (C=O) groups is 1. The van der Waals surface area contributed by atoms with Crippen LogP contribution in [0.2, 0.25) is 0 Å². The molecule has 1 unspecified atom stereocenters. The first-order valence-electron chi connectivity index (χ1n) is 5.25. The van der Waals surface area contributed by atoms with E-state index in [9.17, 15) is 4.79 Å². The summed E-state index contributed by atoms with van der Waals surface area (Å²) in [5.41, 5.74) is 2.20. The summed E-state index contributed by atoms with van der Waals surface area (Å²) in [6, 6.07) is 7.61. The quantitative estimate of drug-likeness (QED) is 0.803. The summed E-state index contributed by atoms with van der Waals surface area (Å²) in [5, 5.41) is 9.09. The SMILES string of the molecule is Cc1ccccc1N1CCCC1C(=O)O. The van der Waals surface area contributed by atoms with E-state index >= 15 is 0 Å². The highest BCUT2D eigenvalue weighted by atomic mass is 16.4. The van der Waals surface area contributed by atoms with Crippen LogP contribution in [0, 0.1) is 6.92 Å². The first-order chi connectivity index (χ1) is 7.20. The predicted octanol–water partition coefficient (Wildman–Crippen LogP) is 2.05. The van der Waals surface area contributed by atoms with Gasteiger partial charge in [0.2, 0.25) is 0 Å². The molecule has 0 aromatic heterocycles. The lowest BCUT2D eigenvalue weighted by Crippen LogP contribution is -2.36. The fraction of sp³-hybridized carbons (Fsp3) is 0.417. The molecule has 3 heteroatoms. The molecule has 1 aromatic carbocycles. The maximum Gasteiger partial charge on any atom is 0.326 e. The van der Waals surface area contributed by atoms with E-state index in [0.717, 1.165) is 30.6 Å². The molecular formula is C12H15NO2. The third-order valence-corrected chi connectivity index (χ3v) is 2.96. The summed E-state index contributed by atoms with van der Waals surface area (Å²) in [6.07, 6.45) is 1.72. The van der Waals surface area contributed by atoms with Crippen molar-refractivity contribution in [2.45, 2.75) is 25.8 Å². The Morgan fingerprint density at radius 1 is 1.47 bits per heavy atom. The fourth-order valence-electron chi connectivity index (χ4n) is 2.20. The average Bonchev–Trinajstić information content (AvgIpc) is 2.67. The zero-order valence-corrected chi connectivity index (χ0v) is 8.81. The number of nitrogens with zero attached hydrogens (tertiary/aromatic N) is 1. The summed E-state index contributed by atoms with van der Waals surface area (Å²) in [6.45, 7) is 2.87. The Morgan fingerprint density at radius 2 is 2.20 bits per heavy atom. The van der Waals surface area contributed by atoms with Crippen LogP contribution in [-0.2, 0) is 4.79 Å². The highest BCUT2D eigenvalue weighted by molar-refractivity contribution is 5.79. The van der Waals surface area contributed by atoms with E-state index in [1.54, 1.807) is 0 Å². The van der Waals surface area contributed by atoms with Gasteiger partial charge < -0.3 is 10.0 Å². The largest absolute Gasteiger partial charge is 0.480 e. The second-order valence-corrected chi connectivity index (χ2v) is 3.98. The minimum absolute atomic E-state index is 0.342. The summed E-state index contributed by atoms with van der Waals surface area (Å²) in [5.74, 6) is -0.712. The lowest BCUT2D eigenvalue weighted by Gasteiger charge is -2.25. The monoisotopic (exact) mass is 205 g/mol. The van der Waals surface area contributed by atoms with Crippen molar-refractivity contribution in [3.05, 3.63) is 29.8 Å². The van der Waals surface area contributed by atoms with Crippen LogP contribution in [0.3, 0.4) is 0 Å². The molecule has 15 heavy (non-hydrogen) atoms. The van der Waals surface area contributed by atoms with Crippen molar-refractivity contribution >= 4 is 11.7 Å². The Kier molecular flexibility index (Phi) is 2.62. The molecule has 1 saturated heterocycles. The van der Waals surface area contributed by atoms with Crippen LogP contribution in [0.15, 0.2) is 24.3 Å². The van der Waals surface area contributed by atoms with Gasteiger partial charge in [0.25, 0.3) is 0 Å². The number of para-hydroxylation sites is 1. The topological polar surface area (TPSA) is 40.5 Å². The molecule has 0 aliphatic carbocycles. The Bertz CT molecular complexity index is 376. The van der Waals surface area contributed by atoms with Crippen molar-refractivity contribution < 1.29 is 9.90 Å². The maximum atomic E-state index is 11.1. The molecule has 0 radical (unpaired) electrons. The predicted molar refractivity (Wildman–Crippen MR) is 59.2 cm³/mol. The van der Waals surface area contributed by atoms with Crippen molar-refractivity contribution in [1.29, 1.82) is 0 Å². The number of anilines is 1. The van der Waals surface area contributed by atoms with Gasteiger partial charge in [-0.15, -0.1) is 0 Å². The van der Waals surface area contributed by atoms with Gasteiger partial charge in [-0.2, -0.15) is 0 Å². The van der Waals surface area contributed by atoms with Crippen LogP contribution >= 0.6 is 0 Å². The van der Waals surface area contributed by atoms with E-state index in [-0.39, 0.29) is 6.04 Å². The van der Waals surface area contributed by atoms with Gasteiger partial charge in [-0.05, 0) is 31.4 Å². The van der Waals surface area contributed by atoms with Crippen LogP contribution < -0.4 is 4.90 Å². The molecule has 1 aromatic rings. The van der Waals surface area contributed by atoms with Crippen molar-refractivity contribution in [2.24, 2.45) is 0 Å². The molecule has 1 N–H and O–H groups in total. The Hall–Kier alpha value is -1.51. The Morgan fingerprint density at radius 3 is 2.87 bits per heavy atom. The van der Waals surface area contributed by atoms with Crippen LogP contribution in [-0.4, -0.2) is 23.7 Å². The van der Waals surface area contributed by atoms with Gasteiger partial charge in [0.15, 0.2) is 0 Å².